The van der Waals surface area contributed by atoms with Gasteiger partial charge in [0.25, 0.3) is 0 Å². The maximum atomic E-state index is 2.71. The van der Waals surface area contributed by atoms with Crippen molar-refractivity contribution in [2.45, 2.75) is 25.0 Å². The summed E-state index contributed by atoms with van der Waals surface area (Å²) in [4.78, 5) is 2.15. The van der Waals surface area contributed by atoms with Gasteiger partial charge in [0.1, 0.15) is 0 Å². The topological polar surface area (TPSA) is 3.24 Å². The molecule has 1 aromatic carbocycles. The Hall–Kier alpha value is -0.422. The number of rotatable bonds is 3. The number of hydrogen-bond acceptors (Lipinski definition) is 1. The van der Waals surface area contributed by atoms with Crippen molar-refractivity contribution in [3.63, 3.8) is 0 Å². The average Bonchev–Trinajstić information content (AvgIpc) is 2.07. The third kappa shape index (κ3) is 3.06. The van der Waals surface area contributed by atoms with Gasteiger partial charge < -0.3 is 0 Å². The number of nitrogens with zero attached hydrogens (tertiary/aromatic N) is 1. The van der Waals surface area contributed by atoms with Crippen LogP contribution in [0, 0.1) is 6.92 Å². The molecule has 1 aromatic rings. The Labute approximate surface area is 96.0 Å². The van der Waals surface area contributed by atoms with E-state index in [0.717, 1.165) is 6.42 Å². The van der Waals surface area contributed by atoms with Gasteiger partial charge >= 0.3 is 95.8 Å². The molecular weight excluding hydrogens is 233 g/mol. The van der Waals surface area contributed by atoms with Crippen LogP contribution in [0.3, 0.4) is 0 Å². The second kappa shape index (κ2) is 4.89. The van der Waals surface area contributed by atoms with E-state index >= 15 is 0 Å². The molecule has 1 atom stereocenters. The zero-order valence-electron chi connectivity index (χ0n) is 9.41. The summed E-state index contributed by atoms with van der Waals surface area (Å²) >= 11 is 2.71. The molecule has 76 valence electrons. The van der Waals surface area contributed by atoms with Crippen molar-refractivity contribution in [3.05, 3.63) is 29.3 Å². The second-order valence-electron chi connectivity index (χ2n) is 4.06. The third-order valence-electron chi connectivity index (χ3n) is 2.36. The Balaban J connectivity index is 2.96. The molecule has 0 unspecified atom stereocenters. The molecule has 2 radical (unpaired) electrons. The van der Waals surface area contributed by atoms with Crippen molar-refractivity contribution >= 4 is 22.5 Å². The molecule has 0 spiro atoms. The molecular formula is C12H18AsN. The minimum absolute atomic E-state index is 0.665. The van der Waals surface area contributed by atoms with Crippen molar-refractivity contribution in [2.75, 3.05) is 19.0 Å². The van der Waals surface area contributed by atoms with Gasteiger partial charge in [-0.2, -0.15) is 0 Å². The quantitative estimate of drug-likeness (QED) is 0.746. The first-order valence-corrected chi connectivity index (χ1v) is 6.04. The van der Waals surface area contributed by atoms with Gasteiger partial charge in [0.15, 0.2) is 0 Å². The Morgan fingerprint density at radius 1 is 1.36 bits per heavy atom. The van der Waals surface area contributed by atoms with Crippen LogP contribution >= 0.6 is 0 Å². The van der Waals surface area contributed by atoms with Gasteiger partial charge in [0.05, 0.1) is 0 Å². The summed E-state index contributed by atoms with van der Waals surface area (Å²) in [6.07, 6.45) is 1.15. The van der Waals surface area contributed by atoms with Crippen LogP contribution < -0.4 is 4.90 Å². The van der Waals surface area contributed by atoms with Crippen LogP contribution in [0.5, 0.6) is 0 Å². The Kier molecular flexibility index (Phi) is 4.07. The molecule has 1 rings (SSSR count). The summed E-state index contributed by atoms with van der Waals surface area (Å²) in [5.74, 6) is 0. The fraction of sp³-hybridized carbons (Fsp3) is 0.500. The zero-order chi connectivity index (χ0) is 10.7. The fourth-order valence-electron chi connectivity index (χ4n) is 1.47. The summed E-state index contributed by atoms with van der Waals surface area (Å²) in [5.41, 5.74) is 4.15. The monoisotopic (exact) mass is 251 g/mol. The number of benzene rings is 1. The zero-order valence-corrected chi connectivity index (χ0v) is 11.3. The van der Waals surface area contributed by atoms with Crippen LogP contribution in [0.4, 0.5) is 5.69 Å². The molecule has 0 saturated carbocycles. The van der Waals surface area contributed by atoms with Gasteiger partial charge in [0, 0.05) is 0 Å². The van der Waals surface area contributed by atoms with Gasteiger partial charge in [-0.3, -0.25) is 0 Å². The Bertz CT molecular complexity index is 305. The van der Waals surface area contributed by atoms with Crippen molar-refractivity contribution in [3.8, 4) is 0 Å². The summed E-state index contributed by atoms with van der Waals surface area (Å²) < 4.78 is 0.665. The van der Waals surface area contributed by atoms with Crippen LogP contribution in [0.1, 0.15) is 18.1 Å². The van der Waals surface area contributed by atoms with Gasteiger partial charge in [0.2, 0.25) is 0 Å². The first-order valence-electron chi connectivity index (χ1n) is 4.95. The van der Waals surface area contributed by atoms with Crippen LogP contribution in [0.25, 0.3) is 0 Å². The number of aryl methyl sites for hydroxylation is 1. The van der Waals surface area contributed by atoms with E-state index < -0.39 is 0 Å². The molecule has 0 saturated heterocycles. The van der Waals surface area contributed by atoms with Gasteiger partial charge in [-0.25, -0.2) is 0 Å². The predicted molar refractivity (Wildman–Crippen MR) is 64.4 cm³/mol. The molecule has 0 fully saturated rings. The first-order chi connectivity index (χ1) is 6.50. The average molecular weight is 251 g/mol. The third-order valence-corrected chi connectivity index (χ3v) is 2.75. The van der Waals surface area contributed by atoms with E-state index in [4.69, 9.17) is 0 Å². The van der Waals surface area contributed by atoms with Crippen molar-refractivity contribution in [1.29, 1.82) is 0 Å². The molecule has 14 heavy (non-hydrogen) atoms. The Morgan fingerprint density at radius 3 is 2.50 bits per heavy atom. The molecule has 0 N–H and O–H groups in total. The van der Waals surface area contributed by atoms with Crippen molar-refractivity contribution < 1.29 is 0 Å². The van der Waals surface area contributed by atoms with E-state index in [1.165, 1.54) is 16.8 Å². The predicted octanol–water partition coefficient (Wildman–Crippen LogP) is 2.58. The van der Waals surface area contributed by atoms with E-state index in [9.17, 15) is 0 Å². The fourth-order valence-corrected chi connectivity index (χ4v) is 1.89. The van der Waals surface area contributed by atoms with Gasteiger partial charge in [-0.1, -0.05) is 0 Å². The normalized spacial score (nSPS) is 12.6. The molecule has 1 nitrogen and oxygen atoms in total. The summed E-state index contributed by atoms with van der Waals surface area (Å²) in [6, 6.07) is 6.67. The molecule has 2 heteroatoms. The van der Waals surface area contributed by atoms with Gasteiger partial charge in [-0.15, -0.1) is 0 Å². The molecule has 0 heterocycles. The van der Waals surface area contributed by atoms with E-state index in [0.29, 0.717) is 4.71 Å². The molecule has 0 amide bonds. The van der Waals surface area contributed by atoms with Gasteiger partial charge in [-0.05, 0) is 0 Å². The van der Waals surface area contributed by atoms with E-state index in [1.54, 1.807) is 0 Å². The summed E-state index contributed by atoms with van der Waals surface area (Å²) in [5, 5.41) is 0. The minimum atomic E-state index is 0.665. The Morgan fingerprint density at radius 2 is 2.00 bits per heavy atom. The SMILES string of the molecule is Cc1ccc(N(C)C)cc1C[C@H](C)[As]. The van der Waals surface area contributed by atoms with Crippen molar-refractivity contribution in [2.24, 2.45) is 0 Å². The molecule has 0 aliphatic rings. The van der Waals surface area contributed by atoms with Crippen molar-refractivity contribution in [1.82, 2.24) is 0 Å². The standard InChI is InChI=1S/C12H18AsN/c1-9-5-6-12(14(3)4)8-11(9)7-10(2)13/h5-6,8,10H,7H2,1-4H3/t10-/m0/s1. The summed E-state index contributed by atoms with van der Waals surface area (Å²) in [6.45, 7) is 4.42. The maximum absolute atomic E-state index is 2.71. The number of anilines is 1. The van der Waals surface area contributed by atoms with E-state index in [-0.39, 0.29) is 0 Å². The first kappa shape index (κ1) is 11.7. The molecule has 0 aliphatic carbocycles. The van der Waals surface area contributed by atoms with E-state index in [2.05, 4.69) is 67.9 Å². The number of hydrogen-bond donors (Lipinski definition) is 0. The molecule has 0 aliphatic heterocycles. The van der Waals surface area contributed by atoms with Crippen LogP contribution in [0.2, 0.25) is 4.71 Å². The second-order valence-corrected chi connectivity index (χ2v) is 5.91. The summed E-state index contributed by atoms with van der Waals surface area (Å²) in [7, 11) is 4.17. The van der Waals surface area contributed by atoms with Crippen LogP contribution in [-0.4, -0.2) is 30.9 Å². The van der Waals surface area contributed by atoms with E-state index in [1.807, 2.05) is 0 Å². The molecule has 0 bridgehead atoms. The van der Waals surface area contributed by atoms with Crippen LogP contribution in [0.15, 0.2) is 18.2 Å². The molecule has 0 aromatic heterocycles. The van der Waals surface area contributed by atoms with Crippen LogP contribution in [-0.2, 0) is 6.42 Å².